The lowest BCUT2D eigenvalue weighted by atomic mass is 10.0. The molecule has 286 valence electrons. The molecule has 0 rings (SSSR count). The van der Waals surface area contributed by atoms with Crippen LogP contribution in [0.15, 0.2) is 12.2 Å². The molecule has 3 atom stereocenters. The molecule has 5 nitrogen and oxygen atoms in total. The Kier molecular flexibility index (Phi) is 38.1. The second-order valence-electron chi connectivity index (χ2n) is 14.9. The monoisotopic (exact) mass is 680 g/mol. The molecule has 0 bridgehead atoms. The Hall–Kier alpha value is -0.910. The van der Waals surface area contributed by atoms with Crippen LogP contribution in [0.4, 0.5) is 0 Å². The lowest BCUT2D eigenvalue weighted by Crippen LogP contribution is -2.48. The number of allylic oxidation sites excluding steroid dienone is 1. The first-order valence-electron chi connectivity index (χ1n) is 21.5. The number of rotatable bonds is 39. The van der Waals surface area contributed by atoms with Crippen LogP contribution in [0.5, 0.6) is 0 Å². The van der Waals surface area contributed by atoms with Gasteiger partial charge in [-0.3, -0.25) is 4.79 Å². The van der Waals surface area contributed by atoms with E-state index in [1.165, 1.54) is 180 Å². The Morgan fingerprint density at radius 3 is 1.15 bits per heavy atom. The van der Waals surface area contributed by atoms with E-state index in [0.717, 1.165) is 32.1 Å². The normalized spacial score (nSPS) is 13.7. The highest BCUT2D eigenvalue weighted by Crippen LogP contribution is 2.16. The molecule has 0 fully saturated rings. The second-order valence-corrected chi connectivity index (χ2v) is 14.9. The average Bonchev–Trinajstić information content (AvgIpc) is 3.09. The fourth-order valence-corrected chi connectivity index (χ4v) is 6.71. The fourth-order valence-electron chi connectivity index (χ4n) is 6.71. The minimum Gasteiger partial charge on any atom is -0.394 e. The Morgan fingerprint density at radius 1 is 0.500 bits per heavy atom. The average molecular weight is 680 g/mol. The highest BCUT2D eigenvalue weighted by molar-refractivity contribution is 5.80. The molecule has 0 aromatic carbocycles. The smallest absolute Gasteiger partial charge is 0.249 e. The van der Waals surface area contributed by atoms with E-state index in [9.17, 15) is 20.1 Å². The number of hydrogen-bond donors (Lipinski definition) is 4. The van der Waals surface area contributed by atoms with Gasteiger partial charge in [-0.25, -0.2) is 0 Å². The summed E-state index contributed by atoms with van der Waals surface area (Å²) >= 11 is 0. The van der Waals surface area contributed by atoms with E-state index in [0.29, 0.717) is 6.42 Å². The van der Waals surface area contributed by atoms with Crippen LogP contribution < -0.4 is 5.32 Å². The summed E-state index contributed by atoms with van der Waals surface area (Å²) < 4.78 is 0. The molecule has 0 heterocycles. The van der Waals surface area contributed by atoms with Gasteiger partial charge in [0.1, 0.15) is 6.10 Å². The molecule has 0 radical (unpaired) electrons. The summed E-state index contributed by atoms with van der Waals surface area (Å²) in [6.07, 6.45) is 45.3. The summed E-state index contributed by atoms with van der Waals surface area (Å²) in [6, 6.07) is -0.792. The van der Waals surface area contributed by atoms with Crippen molar-refractivity contribution in [3.05, 3.63) is 12.2 Å². The van der Waals surface area contributed by atoms with Crippen molar-refractivity contribution in [3.63, 3.8) is 0 Å². The van der Waals surface area contributed by atoms with Gasteiger partial charge in [0, 0.05) is 0 Å². The lowest BCUT2D eigenvalue weighted by molar-refractivity contribution is -0.131. The van der Waals surface area contributed by atoms with Crippen molar-refractivity contribution >= 4 is 5.91 Å². The number of nitrogens with one attached hydrogen (secondary N) is 1. The van der Waals surface area contributed by atoms with Gasteiger partial charge in [-0.15, -0.1) is 0 Å². The maximum absolute atomic E-state index is 12.4. The number of carbonyl (C=O) groups is 1. The van der Waals surface area contributed by atoms with Crippen molar-refractivity contribution in [1.82, 2.24) is 5.32 Å². The first kappa shape index (κ1) is 47.1. The van der Waals surface area contributed by atoms with Crippen LogP contribution in [-0.4, -0.2) is 46.1 Å². The van der Waals surface area contributed by atoms with Gasteiger partial charge in [0.05, 0.1) is 18.8 Å². The first-order valence-corrected chi connectivity index (χ1v) is 21.5. The highest BCUT2D eigenvalue weighted by Gasteiger charge is 2.22. The summed E-state index contributed by atoms with van der Waals surface area (Å²) in [6.45, 7) is 4.19. The summed E-state index contributed by atoms with van der Waals surface area (Å²) in [5, 5.41) is 33.1. The lowest BCUT2D eigenvalue weighted by Gasteiger charge is -2.21. The number of carbonyl (C=O) groups excluding carboxylic acids is 1. The maximum Gasteiger partial charge on any atom is 0.249 e. The predicted octanol–water partition coefficient (Wildman–Crippen LogP) is 12.0. The zero-order valence-corrected chi connectivity index (χ0v) is 32.4. The van der Waals surface area contributed by atoms with Crippen LogP contribution in [0, 0.1) is 0 Å². The summed E-state index contributed by atoms with van der Waals surface area (Å²) in [5.74, 6) is -0.501. The summed E-state index contributed by atoms with van der Waals surface area (Å²) in [4.78, 5) is 12.4. The van der Waals surface area contributed by atoms with Gasteiger partial charge in [-0.05, 0) is 19.3 Å². The Morgan fingerprint density at radius 2 is 0.812 bits per heavy atom. The number of hydrogen-bond acceptors (Lipinski definition) is 4. The van der Waals surface area contributed by atoms with Gasteiger partial charge in [-0.2, -0.15) is 0 Å². The molecule has 0 aliphatic carbocycles. The Balaban J connectivity index is 3.64. The second kappa shape index (κ2) is 38.9. The molecule has 4 N–H and O–H groups in total. The predicted molar refractivity (Wildman–Crippen MR) is 208 cm³/mol. The van der Waals surface area contributed by atoms with Crippen LogP contribution >= 0.6 is 0 Å². The van der Waals surface area contributed by atoms with Crippen LogP contribution in [0.2, 0.25) is 0 Å². The minimum atomic E-state index is -1.09. The minimum absolute atomic E-state index is 0.359. The zero-order chi connectivity index (χ0) is 35.2. The third kappa shape index (κ3) is 33.6. The van der Waals surface area contributed by atoms with Crippen LogP contribution in [0.25, 0.3) is 0 Å². The van der Waals surface area contributed by atoms with E-state index in [2.05, 4.69) is 19.2 Å². The molecule has 5 heteroatoms. The zero-order valence-electron chi connectivity index (χ0n) is 32.4. The molecule has 48 heavy (non-hydrogen) atoms. The molecule has 3 unspecified atom stereocenters. The Bertz CT molecular complexity index is 669. The number of aliphatic hydroxyl groups excluding tert-OH is 3. The van der Waals surface area contributed by atoms with Gasteiger partial charge in [0.2, 0.25) is 5.91 Å². The van der Waals surface area contributed by atoms with Crippen molar-refractivity contribution in [3.8, 4) is 0 Å². The number of unbranched alkanes of at least 4 members (excludes halogenated alkanes) is 31. The van der Waals surface area contributed by atoms with E-state index in [4.69, 9.17) is 0 Å². The van der Waals surface area contributed by atoms with Gasteiger partial charge in [0.25, 0.3) is 0 Å². The molecular formula is C43H85NO4. The standard InChI is InChI=1S/C43H85NO4/c1-3-5-7-9-11-13-15-17-18-19-20-21-22-23-24-26-27-29-31-33-35-37-41(46)40(39-45)44-43(48)42(47)38-36-34-32-30-28-25-16-14-12-10-8-6-4-2/h35,37,40-42,45-47H,3-34,36,38-39H2,1-2H3,(H,44,48)/b37-35+. The molecule has 0 aliphatic heterocycles. The molecule has 0 saturated heterocycles. The first-order chi connectivity index (χ1) is 23.6. The number of amides is 1. The van der Waals surface area contributed by atoms with Crippen molar-refractivity contribution in [2.24, 2.45) is 0 Å². The highest BCUT2D eigenvalue weighted by atomic mass is 16.3. The molecule has 0 aromatic heterocycles. The quantitative estimate of drug-likeness (QED) is 0.0384. The van der Waals surface area contributed by atoms with Gasteiger partial charge in [-0.1, -0.05) is 225 Å². The molecule has 0 aliphatic rings. The van der Waals surface area contributed by atoms with Crippen molar-refractivity contribution in [1.29, 1.82) is 0 Å². The van der Waals surface area contributed by atoms with Crippen molar-refractivity contribution in [2.45, 2.75) is 250 Å². The van der Waals surface area contributed by atoms with Crippen LogP contribution in [-0.2, 0) is 4.79 Å². The third-order valence-corrected chi connectivity index (χ3v) is 10.1. The summed E-state index contributed by atoms with van der Waals surface area (Å²) in [5.41, 5.74) is 0. The van der Waals surface area contributed by atoms with Crippen LogP contribution in [0.3, 0.4) is 0 Å². The van der Waals surface area contributed by atoms with Gasteiger partial charge < -0.3 is 20.6 Å². The third-order valence-electron chi connectivity index (χ3n) is 10.1. The van der Waals surface area contributed by atoms with Crippen molar-refractivity contribution < 1.29 is 20.1 Å². The Labute approximate surface area is 299 Å². The fraction of sp³-hybridized carbons (Fsp3) is 0.930. The maximum atomic E-state index is 12.4. The van der Waals surface area contributed by atoms with E-state index in [-0.39, 0.29) is 6.61 Å². The SMILES string of the molecule is CCCCCCCCCCCCCCCCCCCCC/C=C/C(O)C(CO)NC(=O)C(O)CCCCCCCCCCCCCCC. The van der Waals surface area contributed by atoms with E-state index in [1.807, 2.05) is 6.08 Å². The van der Waals surface area contributed by atoms with E-state index < -0.39 is 24.2 Å². The number of aliphatic hydroxyl groups is 3. The van der Waals surface area contributed by atoms with Gasteiger partial charge in [0.15, 0.2) is 0 Å². The van der Waals surface area contributed by atoms with Crippen LogP contribution in [0.1, 0.15) is 232 Å². The molecule has 0 saturated carbocycles. The van der Waals surface area contributed by atoms with E-state index in [1.54, 1.807) is 6.08 Å². The molecule has 1 amide bonds. The molecule has 0 spiro atoms. The molecular weight excluding hydrogens is 594 g/mol. The topological polar surface area (TPSA) is 89.8 Å². The van der Waals surface area contributed by atoms with Gasteiger partial charge >= 0.3 is 0 Å². The largest absolute Gasteiger partial charge is 0.394 e. The molecule has 0 aromatic rings. The van der Waals surface area contributed by atoms with E-state index >= 15 is 0 Å². The summed E-state index contributed by atoms with van der Waals surface area (Å²) in [7, 11) is 0. The van der Waals surface area contributed by atoms with Crippen molar-refractivity contribution in [2.75, 3.05) is 6.61 Å².